The van der Waals surface area contributed by atoms with Crippen molar-refractivity contribution in [1.29, 1.82) is 0 Å². The van der Waals surface area contributed by atoms with E-state index in [1.54, 1.807) is 7.11 Å². The molecule has 0 bridgehead atoms. The molecule has 5 nitrogen and oxygen atoms in total. The molecule has 1 fully saturated rings. The van der Waals surface area contributed by atoms with Crippen LogP contribution in [0.4, 0.5) is 11.4 Å². The molecule has 0 saturated carbocycles. The Bertz CT molecular complexity index is 971. The van der Waals surface area contributed by atoms with E-state index in [0.29, 0.717) is 0 Å². The van der Waals surface area contributed by atoms with E-state index in [-0.39, 0.29) is 5.91 Å². The minimum Gasteiger partial charge on any atom is -0.497 e. The first-order chi connectivity index (χ1) is 14.7. The quantitative estimate of drug-likeness (QED) is 0.583. The van der Waals surface area contributed by atoms with Gasteiger partial charge in [0.1, 0.15) is 5.75 Å². The number of methoxy groups -OCH3 is 1. The van der Waals surface area contributed by atoms with Crippen LogP contribution in [0.3, 0.4) is 0 Å². The number of nitrogens with zero attached hydrogens (tertiary/aromatic N) is 2. The molecule has 3 aromatic rings. The SMILES string of the molecule is COc1cccc(SNc2ccc(C(=O)N3CCN(c4ccccc4)CC3)cc2)c1. The van der Waals surface area contributed by atoms with Crippen LogP contribution >= 0.6 is 11.9 Å². The van der Waals surface area contributed by atoms with Gasteiger partial charge in [0.25, 0.3) is 5.91 Å². The fourth-order valence-corrected chi connectivity index (χ4v) is 4.15. The number of amides is 1. The van der Waals surface area contributed by atoms with Crippen molar-refractivity contribution in [3.05, 3.63) is 84.4 Å². The second-order valence-corrected chi connectivity index (χ2v) is 7.95. The number of carbonyl (C=O) groups excluding carboxylic acids is 1. The summed E-state index contributed by atoms with van der Waals surface area (Å²) in [4.78, 5) is 18.2. The van der Waals surface area contributed by atoms with Gasteiger partial charge in [-0.15, -0.1) is 0 Å². The number of hydrogen-bond donors (Lipinski definition) is 1. The van der Waals surface area contributed by atoms with Crippen LogP contribution in [0.5, 0.6) is 5.75 Å². The van der Waals surface area contributed by atoms with Crippen LogP contribution < -0.4 is 14.4 Å². The monoisotopic (exact) mass is 419 g/mol. The molecule has 0 spiro atoms. The standard InChI is InChI=1S/C24H25N3O2S/c1-29-22-8-5-9-23(18-22)30-25-20-12-10-19(11-13-20)24(28)27-16-14-26(15-17-27)21-6-3-2-4-7-21/h2-13,18,25H,14-17H2,1H3. The van der Waals surface area contributed by atoms with Crippen LogP contribution in [0.15, 0.2) is 83.8 Å². The topological polar surface area (TPSA) is 44.8 Å². The molecule has 1 N–H and O–H groups in total. The van der Waals surface area contributed by atoms with Gasteiger partial charge in [0.05, 0.1) is 7.11 Å². The van der Waals surface area contributed by atoms with Gasteiger partial charge in [-0.3, -0.25) is 4.79 Å². The van der Waals surface area contributed by atoms with Gasteiger partial charge in [0.2, 0.25) is 0 Å². The summed E-state index contributed by atoms with van der Waals surface area (Å²) in [6.07, 6.45) is 0. The molecule has 3 aromatic carbocycles. The van der Waals surface area contributed by atoms with Gasteiger partial charge in [0.15, 0.2) is 0 Å². The van der Waals surface area contributed by atoms with Crippen LogP contribution in [-0.2, 0) is 0 Å². The normalized spacial score (nSPS) is 13.8. The average Bonchev–Trinajstić information content (AvgIpc) is 2.83. The van der Waals surface area contributed by atoms with Gasteiger partial charge >= 0.3 is 0 Å². The van der Waals surface area contributed by atoms with E-state index in [0.717, 1.165) is 48.1 Å². The Labute approximate surface area is 181 Å². The Morgan fingerprint density at radius 3 is 2.33 bits per heavy atom. The van der Waals surface area contributed by atoms with Gasteiger partial charge < -0.3 is 19.3 Å². The fourth-order valence-electron chi connectivity index (χ4n) is 3.45. The Morgan fingerprint density at radius 2 is 1.63 bits per heavy atom. The van der Waals surface area contributed by atoms with Crippen molar-refractivity contribution in [2.24, 2.45) is 0 Å². The lowest BCUT2D eigenvalue weighted by atomic mass is 10.1. The Hall–Kier alpha value is -3.12. The fraction of sp³-hybridized carbons (Fsp3) is 0.208. The molecule has 0 atom stereocenters. The maximum Gasteiger partial charge on any atom is 0.253 e. The minimum absolute atomic E-state index is 0.0923. The van der Waals surface area contributed by atoms with E-state index < -0.39 is 0 Å². The maximum absolute atomic E-state index is 12.9. The third-order valence-corrected chi connectivity index (χ3v) is 5.98. The predicted octanol–water partition coefficient (Wildman–Crippen LogP) is 4.78. The summed E-state index contributed by atoms with van der Waals surface area (Å²) in [6.45, 7) is 3.18. The first-order valence-corrected chi connectivity index (χ1v) is 10.8. The van der Waals surface area contributed by atoms with E-state index in [1.807, 2.05) is 59.5 Å². The second kappa shape index (κ2) is 9.59. The number of rotatable bonds is 6. The first kappa shape index (κ1) is 20.2. The van der Waals surface area contributed by atoms with E-state index in [1.165, 1.54) is 17.6 Å². The third kappa shape index (κ3) is 4.89. The molecule has 1 amide bonds. The van der Waals surface area contributed by atoms with E-state index in [4.69, 9.17) is 4.74 Å². The highest BCUT2D eigenvalue weighted by atomic mass is 32.2. The lowest BCUT2D eigenvalue weighted by Gasteiger charge is -2.36. The predicted molar refractivity (Wildman–Crippen MR) is 123 cm³/mol. The van der Waals surface area contributed by atoms with Crippen molar-refractivity contribution in [3.8, 4) is 5.75 Å². The summed E-state index contributed by atoms with van der Waals surface area (Å²) in [7, 11) is 1.66. The zero-order valence-corrected chi connectivity index (χ0v) is 17.8. The number of para-hydroxylation sites is 1. The summed E-state index contributed by atoms with van der Waals surface area (Å²) in [5.74, 6) is 0.921. The number of ether oxygens (including phenoxy) is 1. The molecule has 0 aliphatic carbocycles. The van der Waals surface area contributed by atoms with Crippen LogP contribution in [0.1, 0.15) is 10.4 Å². The summed E-state index contributed by atoms with van der Waals surface area (Å²) < 4.78 is 8.56. The van der Waals surface area contributed by atoms with Crippen molar-refractivity contribution in [2.75, 3.05) is 42.9 Å². The second-order valence-electron chi connectivity index (χ2n) is 7.08. The Morgan fingerprint density at radius 1 is 0.900 bits per heavy atom. The molecular formula is C24H25N3O2S. The molecule has 1 aliphatic heterocycles. The van der Waals surface area contributed by atoms with Crippen LogP contribution in [0.25, 0.3) is 0 Å². The van der Waals surface area contributed by atoms with Gasteiger partial charge in [0, 0.05) is 48.0 Å². The van der Waals surface area contributed by atoms with Crippen LogP contribution in [0.2, 0.25) is 0 Å². The van der Waals surface area contributed by atoms with Gasteiger partial charge in [-0.25, -0.2) is 0 Å². The summed E-state index contributed by atoms with van der Waals surface area (Å²) in [5.41, 5.74) is 2.89. The molecule has 6 heteroatoms. The summed E-state index contributed by atoms with van der Waals surface area (Å²) in [5, 5.41) is 0. The molecule has 1 heterocycles. The highest BCUT2D eigenvalue weighted by Crippen LogP contribution is 2.25. The van der Waals surface area contributed by atoms with Gasteiger partial charge in [-0.2, -0.15) is 0 Å². The maximum atomic E-state index is 12.9. The highest BCUT2D eigenvalue weighted by molar-refractivity contribution is 8.00. The van der Waals surface area contributed by atoms with Crippen LogP contribution in [-0.4, -0.2) is 44.1 Å². The molecule has 30 heavy (non-hydrogen) atoms. The van der Waals surface area contributed by atoms with E-state index in [2.05, 4.69) is 33.9 Å². The van der Waals surface area contributed by atoms with Gasteiger partial charge in [-0.1, -0.05) is 24.3 Å². The third-order valence-electron chi connectivity index (χ3n) is 5.15. The number of hydrogen-bond acceptors (Lipinski definition) is 5. The van der Waals surface area contributed by atoms with Crippen LogP contribution in [0, 0.1) is 0 Å². The summed E-state index contributed by atoms with van der Waals surface area (Å²) >= 11 is 1.51. The van der Waals surface area contributed by atoms with Crippen molar-refractivity contribution in [1.82, 2.24) is 4.90 Å². The highest BCUT2D eigenvalue weighted by Gasteiger charge is 2.22. The Kier molecular flexibility index (Phi) is 6.44. The van der Waals surface area contributed by atoms with Crippen molar-refractivity contribution in [3.63, 3.8) is 0 Å². The number of anilines is 2. The largest absolute Gasteiger partial charge is 0.497 e. The average molecular weight is 420 g/mol. The molecule has 0 aromatic heterocycles. The Balaban J connectivity index is 1.31. The number of carbonyl (C=O) groups is 1. The summed E-state index contributed by atoms with van der Waals surface area (Å²) in [6, 6.07) is 25.9. The van der Waals surface area contributed by atoms with E-state index >= 15 is 0 Å². The first-order valence-electron chi connectivity index (χ1n) is 9.99. The van der Waals surface area contributed by atoms with Crippen molar-refractivity contribution >= 4 is 29.2 Å². The molecule has 1 aliphatic rings. The van der Waals surface area contributed by atoms with E-state index in [9.17, 15) is 4.79 Å². The van der Waals surface area contributed by atoms with Gasteiger partial charge in [-0.05, 0) is 66.5 Å². The molecule has 154 valence electrons. The number of piperazine rings is 1. The zero-order chi connectivity index (χ0) is 20.8. The van der Waals surface area contributed by atoms with Crippen molar-refractivity contribution < 1.29 is 9.53 Å². The van der Waals surface area contributed by atoms with Crippen molar-refractivity contribution in [2.45, 2.75) is 4.90 Å². The molecule has 1 saturated heterocycles. The molecular weight excluding hydrogens is 394 g/mol. The lowest BCUT2D eigenvalue weighted by molar-refractivity contribution is 0.0747. The minimum atomic E-state index is 0.0923. The molecule has 0 unspecified atom stereocenters. The molecule has 4 rings (SSSR count). The zero-order valence-electron chi connectivity index (χ0n) is 17.0. The number of benzene rings is 3. The molecule has 0 radical (unpaired) electrons. The lowest BCUT2D eigenvalue weighted by Crippen LogP contribution is -2.48. The smallest absolute Gasteiger partial charge is 0.253 e. The number of nitrogens with one attached hydrogen (secondary N) is 1.